The van der Waals surface area contributed by atoms with Gasteiger partial charge in [0.05, 0.1) is 0 Å². The van der Waals surface area contributed by atoms with E-state index in [0.29, 0.717) is 22.7 Å². The van der Waals surface area contributed by atoms with Crippen LogP contribution in [0.15, 0.2) is 18.2 Å². The van der Waals surface area contributed by atoms with E-state index >= 15 is 0 Å². The summed E-state index contributed by atoms with van der Waals surface area (Å²) in [5.41, 5.74) is 0.504. The molecule has 0 spiro atoms. The van der Waals surface area contributed by atoms with Crippen molar-refractivity contribution in [2.24, 2.45) is 0 Å². The smallest absolute Gasteiger partial charge is 0.195 e. The van der Waals surface area contributed by atoms with Crippen molar-refractivity contribution in [1.29, 1.82) is 0 Å². The third kappa shape index (κ3) is 2.26. The quantitative estimate of drug-likeness (QED) is 0.854. The summed E-state index contributed by atoms with van der Waals surface area (Å²) in [5, 5.41) is 6.69. The Morgan fingerprint density at radius 3 is 2.76 bits per heavy atom. The number of rotatable bonds is 3. The lowest BCUT2D eigenvalue weighted by atomic mass is 10.2. The molecule has 1 N–H and O–H groups in total. The largest absolute Gasteiger partial charge is 0.300 e. The molecule has 6 heteroatoms. The van der Waals surface area contributed by atoms with Crippen molar-refractivity contribution in [2.75, 3.05) is 0 Å². The van der Waals surface area contributed by atoms with E-state index in [0.717, 1.165) is 18.6 Å². The summed E-state index contributed by atoms with van der Waals surface area (Å²) in [5.74, 6) is -1.24. The van der Waals surface area contributed by atoms with Gasteiger partial charge in [0.2, 0.25) is 0 Å². The highest BCUT2D eigenvalue weighted by Gasteiger charge is 2.10. The highest BCUT2D eigenvalue weighted by molar-refractivity contribution is 7.71. The Bertz CT molecular complexity index is 589. The summed E-state index contributed by atoms with van der Waals surface area (Å²) < 4.78 is 28.2. The summed E-state index contributed by atoms with van der Waals surface area (Å²) in [6, 6.07) is 3.68. The van der Waals surface area contributed by atoms with Crippen molar-refractivity contribution in [3.8, 4) is 11.4 Å². The predicted octanol–water partition coefficient (Wildman–Crippen LogP) is 3.30. The molecular formula is C11H11F2N3S. The standard InChI is InChI=1S/C11H11F2N3S/c1-2-5-16-10(14-15-11(16)17)7-3-4-8(12)9(13)6-7/h3-4,6H,2,5H2,1H3,(H,15,17). The molecule has 90 valence electrons. The van der Waals surface area contributed by atoms with Gasteiger partial charge < -0.3 is 4.57 Å². The fraction of sp³-hybridized carbons (Fsp3) is 0.273. The molecule has 0 atom stereocenters. The normalized spacial score (nSPS) is 10.8. The van der Waals surface area contributed by atoms with Crippen LogP contribution in [0.2, 0.25) is 0 Å². The second-order valence-electron chi connectivity index (χ2n) is 3.63. The molecule has 0 aliphatic rings. The number of aromatic nitrogens is 3. The third-order valence-electron chi connectivity index (χ3n) is 2.38. The van der Waals surface area contributed by atoms with Crippen molar-refractivity contribution < 1.29 is 8.78 Å². The molecule has 0 radical (unpaired) electrons. The van der Waals surface area contributed by atoms with Gasteiger partial charge in [0.15, 0.2) is 22.2 Å². The van der Waals surface area contributed by atoms with Gasteiger partial charge in [0.1, 0.15) is 0 Å². The molecule has 2 rings (SSSR count). The number of hydrogen-bond acceptors (Lipinski definition) is 2. The van der Waals surface area contributed by atoms with E-state index in [1.54, 1.807) is 4.57 Å². The predicted molar refractivity (Wildman–Crippen MR) is 63.1 cm³/mol. The van der Waals surface area contributed by atoms with Crippen LogP contribution in [-0.4, -0.2) is 14.8 Å². The molecule has 0 saturated heterocycles. The zero-order valence-electron chi connectivity index (χ0n) is 9.20. The van der Waals surface area contributed by atoms with Crippen LogP contribution in [0.5, 0.6) is 0 Å². The monoisotopic (exact) mass is 255 g/mol. The third-order valence-corrected chi connectivity index (χ3v) is 2.69. The van der Waals surface area contributed by atoms with Gasteiger partial charge >= 0.3 is 0 Å². The van der Waals surface area contributed by atoms with Crippen molar-refractivity contribution in [3.63, 3.8) is 0 Å². The maximum absolute atomic E-state index is 13.1. The van der Waals surface area contributed by atoms with Gasteiger partial charge in [-0.15, -0.1) is 0 Å². The van der Waals surface area contributed by atoms with E-state index in [9.17, 15) is 8.78 Å². The van der Waals surface area contributed by atoms with Gasteiger partial charge in [0.25, 0.3) is 0 Å². The first-order valence-electron chi connectivity index (χ1n) is 5.24. The Balaban J connectivity index is 2.52. The lowest BCUT2D eigenvalue weighted by Crippen LogP contribution is -2.00. The molecule has 2 aromatic rings. The fourth-order valence-corrected chi connectivity index (χ4v) is 1.83. The van der Waals surface area contributed by atoms with E-state index in [2.05, 4.69) is 10.2 Å². The van der Waals surface area contributed by atoms with Crippen molar-refractivity contribution >= 4 is 12.2 Å². The van der Waals surface area contributed by atoms with Gasteiger partial charge in [-0.3, -0.25) is 5.10 Å². The molecule has 0 saturated carbocycles. The number of hydrogen-bond donors (Lipinski definition) is 1. The topological polar surface area (TPSA) is 33.6 Å². The van der Waals surface area contributed by atoms with Crippen LogP contribution < -0.4 is 0 Å². The Kier molecular flexibility index (Phi) is 3.33. The van der Waals surface area contributed by atoms with Crippen LogP contribution in [0.1, 0.15) is 13.3 Å². The molecule has 0 aliphatic heterocycles. The van der Waals surface area contributed by atoms with Crippen LogP contribution in [0, 0.1) is 16.4 Å². The highest BCUT2D eigenvalue weighted by atomic mass is 32.1. The lowest BCUT2D eigenvalue weighted by molar-refractivity contribution is 0.509. The molecule has 0 fully saturated rings. The van der Waals surface area contributed by atoms with Crippen LogP contribution in [0.25, 0.3) is 11.4 Å². The molecular weight excluding hydrogens is 244 g/mol. The molecule has 1 aromatic heterocycles. The number of nitrogens with one attached hydrogen (secondary N) is 1. The number of H-pyrrole nitrogens is 1. The molecule has 1 aromatic carbocycles. The molecule has 3 nitrogen and oxygen atoms in total. The summed E-state index contributed by atoms with van der Waals surface area (Å²) >= 11 is 5.07. The number of halogens is 2. The van der Waals surface area contributed by atoms with Crippen LogP contribution in [0.4, 0.5) is 8.78 Å². The SMILES string of the molecule is CCCn1c(-c2ccc(F)c(F)c2)n[nH]c1=S. The minimum absolute atomic E-state index is 0.478. The fourth-order valence-electron chi connectivity index (χ4n) is 1.60. The van der Waals surface area contributed by atoms with Crippen LogP contribution in [0.3, 0.4) is 0 Å². The first kappa shape index (κ1) is 11.9. The Labute approximate surface area is 102 Å². The average Bonchev–Trinajstić information content (AvgIpc) is 2.66. The molecule has 0 unspecified atom stereocenters. The van der Waals surface area contributed by atoms with Gasteiger partial charge in [-0.25, -0.2) is 8.78 Å². The maximum Gasteiger partial charge on any atom is 0.195 e. The van der Waals surface area contributed by atoms with Crippen molar-refractivity contribution in [2.45, 2.75) is 19.9 Å². The van der Waals surface area contributed by atoms with E-state index in [1.807, 2.05) is 6.92 Å². The lowest BCUT2D eigenvalue weighted by Gasteiger charge is -2.05. The Morgan fingerprint density at radius 2 is 2.12 bits per heavy atom. The molecule has 0 bridgehead atoms. The maximum atomic E-state index is 13.1. The molecule has 17 heavy (non-hydrogen) atoms. The van der Waals surface area contributed by atoms with Crippen molar-refractivity contribution in [1.82, 2.24) is 14.8 Å². The summed E-state index contributed by atoms with van der Waals surface area (Å²) in [7, 11) is 0. The number of benzene rings is 1. The first-order chi connectivity index (χ1) is 8.13. The van der Waals surface area contributed by atoms with E-state index in [4.69, 9.17) is 12.2 Å². The highest BCUT2D eigenvalue weighted by Crippen LogP contribution is 2.20. The van der Waals surface area contributed by atoms with E-state index in [1.165, 1.54) is 6.07 Å². The van der Waals surface area contributed by atoms with Gasteiger partial charge in [-0.1, -0.05) is 6.92 Å². The molecule has 0 aliphatic carbocycles. The van der Waals surface area contributed by atoms with Gasteiger partial charge in [-0.2, -0.15) is 5.10 Å². The minimum atomic E-state index is -0.889. The van der Waals surface area contributed by atoms with Crippen molar-refractivity contribution in [3.05, 3.63) is 34.6 Å². The Morgan fingerprint density at radius 1 is 1.35 bits per heavy atom. The Hall–Kier alpha value is -1.56. The minimum Gasteiger partial charge on any atom is -0.300 e. The molecule has 0 amide bonds. The van der Waals surface area contributed by atoms with E-state index < -0.39 is 11.6 Å². The zero-order chi connectivity index (χ0) is 12.4. The summed E-state index contributed by atoms with van der Waals surface area (Å²) in [6.45, 7) is 2.69. The summed E-state index contributed by atoms with van der Waals surface area (Å²) in [4.78, 5) is 0. The number of nitrogens with zero attached hydrogens (tertiary/aromatic N) is 2. The average molecular weight is 255 g/mol. The second kappa shape index (κ2) is 4.75. The summed E-state index contributed by atoms with van der Waals surface area (Å²) in [6.07, 6.45) is 0.879. The number of aromatic amines is 1. The first-order valence-corrected chi connectivity index (χ1v) is 5.65. The van der Waals surface area contributed by atoms with Crippen LogP contribution >= 0.6 is 12.2 Å². The van der Waals surface area contributed by atoms with Gasteiger partial charge in [-0.05, 0) is 36.8 Å². The van der Waals surface area contributed by atoms with Gasteiger partial charge in [0, 0.05) is 12.1 Å². The second-order valence-corrected chi connectivity index (χ2v) is 4.02. The zero-order valence-corrected chi connectivity index (χ0v) is 10.0. The van der Waals surface area contributed by atoms with Crippen LogP contribution in [-0.2, 0) is 6.54 Å². The van der Waals surface area contributed by atoms with E-state index in [-0.39, 0.29) is 0 Å². The molecule has 1 heterocycles.